The number of carbonyl (C=O) groups is 3. The van der Waals surface area contributed by atoms with E-state index in [1.54, 1.807) is 0 Å². The lowest BCUT2D eigenvalue weighted by Crippen LogP contribution is -2.44. The topological polar surface area (TPSA) is 51.2 Å². The van der Waals surface area contributed by atoms with E-state index in [4.69, 9.17) is 69.6 Å². The molecule has 1 aliphatic rings. The number of alkyl halides is 6. The fourth-order valence-corrected chi connectivity index (χ4v) is 2.76. The van der Waals surface area contributed by atoms with Crippen molar-refractivity contribution in [3.05, 3.63) is 0 Å². The molecule has 1 rings (SSSR count). The molecule has 0 N–H and O–H groups in total. The molecule has 108 valence electrons. The van der Waals surface area contributed by atoms with E-state index in [0.29, 0.717) is 6.42 Å². The van der Waals surface area contributed by atoms with Crippen molar-refractivity contribution < 1.29 is 14.4 Å². The highest BCUT2D eigenvalue weighted by Gasteiger charge is 2.48. The third-order valence-electron chi connectivity index (χ3n) is 2.86. The largest absolute Gasteiger partial charge is 0.298 e. The molecule has 0 aromatic rings. The molecule has 1 saturated carbocycles. The smallest absolute Gasteiger partial charge is 0.249 e. The monoisotopic (exact) mass is 386 g/mol. The second kappa shape index (κ2) is 6.25. The molecule has 0 spiro atoms. The quantitative estimate of drug-likeness (QED) is 0.533. The van der Waals surface area contributed by atoms with Gasteiger partial charge >= 0.3 is 0 Å². The van der Waals surface area contributed by atoms with Crippen molar-refractivity contribution in [3.63, 3.8) is 0 Å². The lowest BCUT2D eigenvalue weighted by Gasteiger charge is -2.29. The molecule has 1 aliphatic carbocycles. The van der Waals surface area contributed by atoms with Gasteiger partial charge in [0.2, 0.25) is 7.59 Å². The Morgan fingerprint density at radius 1 is 0.842 bits per heavy atom. The molecule has 0 saturated heterocycles. The fourth-order valence-electron chi connectivity index (χ4n) is 1.97. The predicted octanol–water partition coefficient (Wildman–Crippen LogP) is 3.85. The van der Waals surface area contributed by atoms with Crippen LogP contribution in [0, 0.1) is 11.8 Å². The Labute approximate surface area is 139 Å². The second-order valence-electron chi connectivity index (χ2n) is 4.16. The molecule has 0 radical (unpaired) electrons. The van der Waals surface area contributed by atoms with Crippen molar-refractivity contribution in [2.45, 2.75) is 26.8 Å². The van der Waals surface area contributed by atoms with Gasteiger partial charge in [0.1, 0.15) is 0 Å². The van der Waals surface area contributed by atoms with Gasteiger partial charge in [-0.05, 0) is 12.8 Å². The number of hydrogen-bond acceptors (Lipinski definition) is 3. The summed E-state index contributed by atoms with van der Waals surface area (Å²) in [6.45, 7) is 0. The number of rotatable bonds is 2. The predicted molar refractivity (Wildman–Crippen MR) is 76.4 cm³/mol. The molecule has 0 aromatic carbocycles. The Morgan fingerprint density at radius 2 is 1.16 bits per heavy atom. The highest BCUT2D eigenvalue weighted by atomic mass is 35.6. The van der Waals surface area contributed by atoms with Crippen LogP contribution in [-0.2, 0) is 14.4 Å². The van der Waals surface area contributed by atoms with E-state index in [1.165, 1.54) is 0 Å². The Balaban J connectivity index is 2.95. The molecule has 0 bridgehead atoms. The van der Waals surface area contributed by atoms with E-state index < -0.39 is 36.8 Å². The maximum atomic E-state index is 12.1. The highest BCUT2D eigenvalue weighted by Crippen LogP contribution is 2.39. The number of halogens is 6. The Bertz CT molecular complexity index is 372. The van der Waals surface area contributed by atoms with E-state index >= 15 is 0 Å². The van der Waals surface area contributed by atoms with Crippen molar-refractivity contribution in [1.82, 2.24) is 0 Å². The van der Waals surface area contributed by atoms with Crippen LogP contribution < -0.4 is 0 Å². The van der Waals surface area contributed by atoms with Crippen LogP contribution in [0.2, 0.25) is 0 Å². The molecular weight excluding hydrogens is 381 g/mol. The minimum Gasteiger partial charge on any atom is -0.298 e. The van der Waals surface area contributed by atoms with Crippen LogP contribution in [0.4, 0.5) is 0 Å². The summed E-state index contributed by atoms with van der Waals surface area (Å²) in [5, 5.41) is 0. The van der Waals surface area contributed by atoms with Crippen LogP contribution in [0.5, 0.6) is 0 Å². The summed E-state index contributed by atoms with van der Waals surface area (Å²) in [4.78, 5) is 35.8. The molecular formula is C10H8Cl6O3. The zero-order valence-corrected chi connectivity index (χ0v) is 13.8. The first-order valence-corrected chi connectivity index (χ1v) is 7.49. The molecule has 3 nitrogen and oxygen atoms in total. The van der Waals surface area contributed by atoms with Crippen LogP contribution in [0.3, 0.4) is 0 Å². The Kier molecular flexibility index (Phi) is 5.85. The summed E-state index contributed by atoms with van der Waals surface area (Å²) in [6, 6.07) is 0. The van der Waals surface area contributed by atoms with E-state index in [-0.39, 0.29) is 12.8 Å². The van der Waals surface area contributed by atoms with E-state index in [2.05, 4.69) is 0 Å². The molecule has 0 aliphatic heterocycles. The number of ketones is 3. The zero-order valence-electron chi connectivity index (χ0n) is 9.27. The maximum Gasteiger partial charge on any atom is 0.249 e. The summed E-state index contributed by atoms with van der Waals surface area (Å²) < 4.78 is -4.41. The van der Waals surface area contributed by atoms with Gasteiger partial charge in [0.15, 0.2) is 17.3 Å². The molecule has 0 heterocycles. The minimum atomic E-state index is -2.20. The molecule has 2 atom stereocenters. The van der Waals surface area contributed by atoms with E-state index in [1.807, 2.05) is 0 Å². The molecule has 0 aromatic heterocycles. The highest BCUT2D eigenvalue weighted by molar-refractivity contribution is 6.78. The Hall–Kier alpha value is 0.750. The van der Waals surface area contributed by atoms with Gasteiger partial charge < -0.3 is 0 Å². The first kappa shape index (κ1) is 17.8. The third-order valence-corrected chi connectivity index (χ3v) is 3.98. The molecule has 0 amide bonds. The van der Waals surface area contributed by atoms with Crippen LogP contribution in [0.1, 0.15) is 19.3 Å². The summed E-state index contributed by atoms with van der Waals surface area (Å²) in [7, 11) is 0. The lowest BCUT2D eigenvalue weighted by molar-refractivity contribution is -0.141. The SMILES string of the molecule is O=C1C(C(=O)C(Cl)(Cl)Cl)CCCC1C(=O)C(Cl)(Cl)Cl. The second-order valence-corrected chi connectivity index (χ2v) is 8.72. The molecule has 2 unspecified atom stereocenters. The van der Waals surface area contributed by atoms with Crippen molar-refractivity contribution >= 4 is 87.0 Å². The van der Waals surface area contributed by atoms with Gasteiger partial charge in [-0.2, -0.15) is 0 Å². The van der Waals surface area contributed by atoms with Crippen LogP contribution >= 0.6 is 69.6 Å². The summed E-state index contributed by atoms with van der Waals surface area (Å²) >= 11 is 32.8. The van der Waals surface area contributed by atoms with Gasteiger partial charge in [-0.3, -0.25) is 14.4 Å². The number of hydrogen-bond donors (Lipinski definition) is 0. The van der Waals surface area contributed by atoms with Crippen LogP contribution in [0.15, 0.2) is 0 Å². The van der Waals surface area contributed by atoms with Crippen molar-refractivity contribution in [3.8, 4) is 0 Å². The number of carbonyl (C=O) groups excluding carboxylic acids is 3. The Morgan fingerprint density at radius 3 is 1.42 bits per heavy atom. The normalized spacial score (nSPS) is 25.3. The van der Waals surface area contributed by atoms with Crippen molar-refractivity contribution in [1.29, 1.82) is 0 Å². The summed E-state index contributed by atoms with van der Waals surface area (Å²) in [5.74, 6) is -4.67. The van der Waals surface area contributed by atoms with Gasteiger partial charge in [0.25, 0.3) is 0 Å². The van der Waals surface area contributed by atoms with Crippen molar-refractivity contribution in [2.24, 2.45) is 11.8 Å². The van der Waals surface area contributed by atoms with Gasteiger partial charge in [0, 0.05) is 0 Å². The van der Waals surface area contributed by atoms with E-state index in [0.717, 1.165) is 0 Å². The fraction of sp³-hybridized carbons (Fsp3) is 0.700. The molecule has 9 heteroatoms. The molecule has 19 heavy (non-hydrogen) atoms. The van der Waals surface area contributed by atoms with Crippen molar-refractivity contribution in [2.75, 3.05) is 0 Å². The van der Waals surface area contributed by atoms with Gasteiger partial charge in [-0.25, -0.2) is 0 Å². The van der Waals surface area contributed by atoms with Gasteiger partial charge in [-0.15, -0.1) is 0 Å². The van der Waals surface area contributed by atoms with Crippen LogP contribution in [0.25, 0.3) is 0 Å². The summed E-state index contributed by atoms with van der Waals surface area (Å²) in [5.41, 5.74) is 0. The third kappa shape index (κ3) is 4.36. The number of Topliss-reactive ketones (excluding diaryl/α,β-unsaturated/α-hetero) is 3. The zero-order chi connectivity index (χ0) is 15.0. The first-order valence-electron chi connectivity index (χ1n) is 5.22. The maximum absolute atomic E-state index is 12.1. The average molecular weight is 389 g/mol. The minimum absolute atomic E-state index is 0.217. The molecule has 1 fully saturated rings. The van der Waals surface area contributed by atoms with Crippen LogP contribution in [-0.4, -0.2) is 24.9 Å². The standard InChI is InChI=1S/C10H8Cl6O3/c11-9(12,13)7(18)4-2-1-3-5(6(4)17)8(19)10(14,15)16/h4-5H,1-3H2. The van der Waals surface area contributed by atoms with Gasteiger partial charge in [0.05, 0.1) is 11.8 Å². The average Bonchev–Trinajstić information content (AvgIpc) is 2.25. The van der Waals surface area contributed by atoms with E-state index in [9.17, 15) is 14.4 Å². The van der Waals surface area contributed by atoms with Gasteiger partial charge in [-0.1, -0.05) is 76.0 Å². The first-order chi connectivity index (χ1) is 8.46. The lowest BCUT2D eigenvalue weighted by atomic mass is 9.76. The summed E-state index contributed by atoms with van der Waals surface area (Å²) in [6.07, 6.45) is 0.866.